The molecule has 3 aromatic rings. The molecular weight excluding hydrogens is 406 g/mol. The first-order valence-electron chi connectivity index (χ1n) is 9.48. The molecule has 154 valence electrons. The molecule has 0 saturated carbocycles. The largest absolute Gasteiger partial charge is 0.497 e. The third kappa shape index (κ3) is 6.04. The number of carbonyl (C=O) groups excluding carboxylic acids is 1. The van der Waals surface area contributed by atoms with E-state index < -0.39 is 0 Å². The van der Waals surface area contributed by atoms with Crippen molar-refractivity contribution in [1.29, 1.82) is 0 Å². The minimum absolute atomic E-state index is 0.0870. The molecule has 0 aliphatic rings. The second-order valence-electron chi connectivity index (χ2n) is 6.48. The molecule has 0 fully saturated rings. The Morgan fingerprint density at radius 3 is 2.69 bits per heavy atom. The van der Waals surface area contributed by atoms with Gasteiger partial charge in [-0.3, -0.25) is 4.79 Å². The molecule has 29 heavy (non-hydrogen) atoms. The van der Waals surface area contributed by atoms with Crippen molar-refractivity contribution in [2.45, 2.75) is 44.8 Å². The molecule has 2 aromatic heterocycles. The lowest BCUT2D eigenvalue weighted by molar-refractivity contribution is -0.113. The summed E-state index contributed by atoms with van der Waals surface area (Å²) in [5.41, 5.74) is 2.18. The first kappa shape index (κ1) is 21.3. The van der Waals surface area contributed by atoms with Crippen LogP contribution in [0.3, 0.4) is 0 Å². The fourth-order valence-electron chi connectivity index (χ4n) is 2.87. The minimum Gasteiger partial charge on any atom is -0.497 e. The summed E-state index contributed by atoms with van der Waals surface area (Å²) < 4.78 is 7.28. The van der Waals surface area contributed by atoms with Crippen molar-refractivity contribution in [3.63, 3.8) is 0 Å². The van der Waals surface area contributed by atoms with Crippen molar-refractivity contribution < 1.29 is 9.53 Å². The molecule has 3 rings (SSSR count). The zero-order valence-electron chi connectivity index (χ0n) is 16.8. The highest BCUT2D eigenvalue weighted by Crippen LogP contribution is 2.20. The average molecular weight is 432 g/mol. The number of nitrogens with zero attached hydrogens (tertiary/aromatic N) is 4. The van der Waals surface area contributed by atoms with Gasteiger partial charge in [0.05, 0.1) is 18.6 Å². The van der Waals surface area contributed by atoms with E-state index >= 15 is 0 Å². The van der Waals surface area contributed by atoms with Crippen molar-refractivity contribution in [3.05, 3.63) is 46.7 Å². The number of benzene rings is 1. The van der Waals surface area contributed by atoms with Gasteiger partial charge in [0.2, 0.25) is 5.91 Å². The summed E-state index contributed by atoms with van der Waals surface area (Å²) in [6.45, 7) is 4.75. The Hall–Kier alpha value is -2.39. The number of carbonyl (C=O) groups is 1. The Balaban J connectivity index is 1.50. The van der Waals surface area contributed by atoms with Crippen LogP contribution in [-0.4, -0.2) is 38.5 Å². The lowest BCUT2D eigenvalue weighted by Gasteiger charge is -2.07. The van der Waals surface area contributed by atoms with Crippen LogP contribution < -0.4 is 10.1 Å². The van der Waals surface area contributed by atoms with Crippen LogP contribution in [0.25, 0.3) is 0 Å². The predicted octanol–water partition coefficient (Wildman–Crippen LogP) is 3.98. The van der Waals surface area contributed by atoms with Crippen molar-refractivity contribution >= 4 is 34.1 Å². The molecule has 1 N–H and O–H groups in total. The van der Waals surface area contributed by atoms with Crippen molar-refractivity contribution in [1.82, 2.24) is 19.7 Å². The van der Waals surface area contributed by atoms with Gasteiger partial charge in [-0.25, -0.2) is 4.98 Å². The molecule has 0 aliphatic heterocycles. The number of methoxy groups -OCH3 is 1. The van der Waals surface area contributed by atoms with E-state index in [0.717, 1.165) is 48.2 Å². The van der Waals surface area contributed by atoms with Gasteiger partial charge in [-0.1, -0.05) is 23.9 Å². The van der Waals surface area contributed by atoms with Gasteiger partial charge in [0.1, 0.15) is 11.6 Å². The fraction of sp³-hybridized carbons (Fsp3) is 0.400. The molecule has 0 unspecified atom stereocenters. The molecule has 9 heteroatoms. The number of anilines is 1. The number of aromatic nitrogens is 4. The van der Waals surface area contributed by atoms with Gasteiger partial charge in [-0.15, -0.1) is 21.5 Å². The van der Waals surface area contributed by atoms with Crippen LogP contribution in [0.5, 0.6) is 5.75 Å². The van der Waals surface area contributed by atoms with E-state index in [4.69, 9.17) is 4.74 Å². The van der Waals surface area contributed by atoms with Crippen LogP contribution in [0.4, 0.5) is 5.13 Å². The van der Waals surface area contributed by atoms with Crippen LogP contribution in [0, 0.1) is 6.92 Å². The van der Waals surface area contributed by atoms with Crippen LogP contribution >= 0.6 is 23.1 Å². The SMILES string of the molecule is CCn1c(CCCc2ccc(OC)cc2)nnc1SCC(=O)Nc1nc(C)cs1. The Morgan fingerprint density at radius 2 is 2.03 bits per heavy atom. The number of thioether (sulfide) groups is 1. The topological polar surface area (TPSA) is 81.9 Å². The smallest absolute Gasteiger partial charge is 0.236 e. The number of amides is 1. The van der Waals surface area contributed by atoms with Crippen molar-refractivity contribution in [2.75, 3.05) is 18.2 Å². The quantitative estimate of drug-likeness (QED) is 0.489. The fourth-order valence-corrected chi connectivity index (χ4v) is 4.39. The first-order valence-corrected chi connectivity index (χ1v) is 11.4. The molecule has 1 aromatic carbocycles. The van der Waals surface area contributed by atoms with Gasteiger partial charge >= 0.3 is 0 Å². The molecule has 7 nitrogen and oxygen atoms in total. The van der Waals surface area contributed by atoms with E-state index in [0.29, 0.717) is 5.13 Å². The Labute approximate surface area is 178 Å². The van der Waals surface area contributed by atoms with E-state index in [2.05, 4.69) is 44.1 Å². The summed E-state index contributed by atoms with van der Waals surface area (Å²) in [5, 5.41) is 14.8. The monoisotopic (exact) mass is 431 g/mol. The summed E-state index contributed by atoms with van der Waals surface area (Å²) >= 11 is 2.83. The number of thiazole rings is 1. The summed E-state index contributed by atoms with van der Waals surface area (Å²) in [5.74, 6) is 2.02. The Kier molecular flexibility index (Phi) is 7.65. The van der Waals surface area contributed by atoms with Crippen LogP contribution in [0.2, 0.25) is 0 Å². The molecule has 0 saturated heterocycles. The number of hydrogen-bond acceptors (Lipinski definition) is 7. The van der Waals surface area contributed by atoms with E-state index in [1.165, 1.54) is 28.7 Å². The van der Waals surface area contributed by atoms with E-state index in [1.54, 1.807) is 7.11 Å². The Bertz CT molecular complexity index is 937. The normalized spacial score (nSPS) is 10.9. The van der Waals surface area contributed by atoms with E-state index in [-0.39, 0.29) is 11.7 Å². The number of rotatable bonds is 10. The highest BCUT2D eigenvalue weighted by atomic mass is 32.2. The summed E-state index contributed by atoms with van der Waals surface area (Å²) in [7, 11) is 1.67. The van der Waals surface area contributed by atoms with Gasteiger partial charge in [0.15, 0.2) is 10.3 Å². The second kappa shape index (κ2) is 10.4. The zero-order valence-corrected chi connectivity index (χ0v) is 18.5. The maximum atomic E-state index is 12.1. The van der Waals surface area contributed by atoms with Crippen LogP contribution in [-0.2, 0) is 24.2 Å². The number of ether oxygens (including phenoxy) is 1. The predicted molar refractivity (Wildman–Crippen MR) is 117 cm³/mol. The molecule has 2 heterocycles. The van der Waals surface area contributed by atoms with Gasteiger partial charge in [-0.2, -0.15) is 0 Å². The average Bonchev–Trinajstić information content (AvgIpc) is 3.32. The molecule has 0 bridgehead atoms. The molecule has 1 amide bonds. The maximum Gasteiger partial charge on any atom is 0.236 e. The van der Waals surface area contributed by atoms with Gasteiger partial charge in [0, 0.05) is 18.3 Å². The zero-order chi connectivity index (χ0) is 20.6. The number of nitrogens with one attached hydrogen (secondary N) is 1. The highest BCUT2D eigenvalue weighted by molar-refractivity contribution is 7.99. The van der Waals surface area contributed by atoms with Crippen LogP contribution in [0.15, 0.2) is 34.8 Å². The van der Waals surface area contributed by atoms with E-state index in [1.807, 2.05) is 24.4 Å². The second-order valence-corrected chi connectivity index (χ2v) is 8.28. The maximum absolute atomic E-state index is 12.1. The van der Waals surface area contributed by atoms with Crippen LogP contribution in [0.1, 0.15) is 30.4 Å². The number of aryl methyl sites for hydroxylation is 3. The first-order chi connectivity index (χ1) is 14.1. The third-order valence-corrected chi connectivity index (χ3v) is 6.17. The standard InChI is InChI=1S/C20H25N5O2S2/c1-4-25-17(7-5-6-15-8-10-16(27-3)11-9-15)23-24-20(25)29-13-18(26)22-19-21-14(2)12-28-19/h8-12H,4-7,13H2,1-3H3,(H,21,22,26). The van der Waals surface area contributed by atoms with Crippen molar-refractivity contribution in [2.24, 2.45) is 0 Å². The summed E-state index contributed by atoms with van der Waals surface area (Å²) in [4.78, 5) is 16.4. The lowest BCUT2D eigenvalue weighted by Crippen LogP contribution is -2.14. The third-order valence-electron chi connectivity index (χ3n) is 4.33. The Morgan fingerprint density at radius 1 is 1.24 bits per heavy atom. The van der Waals surface area contributed by atoms with Gasteiger partial charge in [0.25, 0.3) is 0 Å². The molecular formula is C20H25N5O2S2. The number of hydrogen-bond donors (Lipinski definition) is 1. The molecule has 0 spiro atoms. The minimum atomic E-state index is -0.0870. The summed E-state index contributed by atoms with van der Waals surface area (Å²) in [6, 6.07) is 8.15. The molecule has 0 atom stereocenters. The molecule has 0 aliphatic carbocycles. The van der Waals surface area contributed by atoms with Gasteiger partial charge in [-0.05, 0) is 44.4 Å². The summed E-state index contributed by atoms with van der Waals surface area (Å²) in [6.07, 6.45) is 2.80. The van der Waals surface area contributed by atoms with Crippen molar-refractivity contribution in [3.8, 4) is 5.75 Å². The van der Waals surface area contributed by atoms with E-state index in [9.17, 15) is 4.79 Å². The van der Waals surface area contributed by atoms with Gasteiger partial charge < -0.3 is 14.6 Å². The lowest BCUT2D eigenvalue weighted by atomic mass is 10.1. The highest BCUT2D eigenvalue weighted by Gasteiger charge is 2.14. The molecule has 0 radical (unpaired) electrons.